The van der Waals surface area contributed by atoms with E-state index >= 15 is 0 Å². The average molecular weight is 622 g/mol. The van der Waals surface area contributed by atoms with Crippen LogP contribution in [0.3, 0.4) is 0 Å². The number of aryl methyl sites for hydroxylation is 1. The lowest BCUT2D eigenvalue weighted by Gasteiger charge is -2.20. The highest BCUT2D eigenvalue weighted by Crippen LogP contribution is 2.43. The third-order valence-electron chi connectivity index (χ3n) is 9.88. The zero-order valence-electron chi connectivity index (χ0n) is 27.1. The first-order valence-electron chi connectivity index (χ1n) is 16.4. The molecule has 48 heavy (non-hydrogen) atoms. The van der Waals surface area contributed by atoms with Crippen LogP contribution in [0.4, 0.5) is 0 Å². The third kappa shape index (κ3) is 3.71. The van der Waals surface area contributed by atoms with Gasteiger partial charge in [-0.25, -0.2) is 9.97 Å². The van der Waals surface area contributed by atoms with Crippen molar-refractivity contribution in [3.05, 3.63) is 127 Å². The summed E-state index contributed by atoms with van der Waals surface area (Å²) in [4.78, 5) is 14.9. The first-order valence-corrected chi connectivity index (χ1v) is 16.4. The fourth-order valence-corrected chi connectivity index (χ4v) is 7.70. The van der Waals surface area contributed by atoms with Gasteiger partial charge in [-0.1, -0.05) is 63.2 Å². The molecule has 6 heterocycles. The van der Waals surface area contributed by atoms with Crippen molar-refractivity contribution in [3.63, 3.8) is 0 Å². The van der Waals surface area contributed by atoms with E-state index in [1.54, 1.807) is 0 Å². The predicted octanol–water partition coefficient (Wildman–Crippen LogP) is 10.6. The first-order chi connectivity index (χ1) is 23.3. The van der Waals surface area contributed by atoms with E-state index in [-0.39, 0.29) is 5.41 Å². The van der Waals surface area contributed by atoms with Crippen LogP contribution in [0.15, 0.2) is 116 Å². The number of hydrogen-bond donors (Lipinski definition) is 0. The highest BCUT2D eigenvalue weighted by molar-refractivity contribution is 6.23. The summed E-state index contributed by atoms with van der Waals surface area (Å²) in [7, 11) is 0. The minimum Gasteiger partial charge on any atom is -0.457 e. The van der Waals surface area contributed by atoms with Crippen LogP contribution in [0, 0.1) is 6.92 Å². The molecule has 0 aliphatic heterocycles. The zero-order chi connectivity index (χ0) is 32.3. The molecule has 0 N–H and O–H groups in total. The molecule has 0 unspecified atom stereocenters. The van der Waals surface area contributed by atoms with Crippen LogP contribution in [-0.4, -0.2) is 23.8 Å². The molecule has 0 amide bonds. The van der Waals surface area contributed by atoms with Crippen LogP contribution < -0.4 is 4.74 Å². The van der Waals surface area contributed by atoms with Gasteiger partial charge >= 0.3 is 0 Å². The Balaban J connectivity index is 1.16. The molecule has 230 valence electrons. The quantitative estimate of drug-likeness (QED) is 0.184. The van der Waals surface area contributed by atoms with Gasteiger partial charge in [0, 0.05) is 62.5 Å². The SMILES string of the molecule is Cc1ccccc1-c1cn2c3cccnc3c3ccc(Oc4ccc5c6cccc7c8c(C(C)(C)C)ccnc8n(c5c4)c67)cc3c2n1. The molecule has 0 spiro atoms. The first kappa shape index (κ1) is 27.1. The summed E-state index contributed by atoms with van der Waals surface area (Å²) in [5.74, 6) is 1.51. The highest BCUT2D eigenvalue weighted by Gasteiger charge is 2.25. The molecule has 0 aliphatic carbocycles. The van der Waals surface area contributed by atoms with Gasteiger partial charge in [0.1, 0.15) is 22.8 Å². The number of benzene rings is 4. The van der Waals surface area contributed by atoms with Crippen LogP contribution in [0.5, 0.6) is 11.5 Å². The van der Waals surface area contributed by atoms with E-state index in [9.17, 15) is 0 Å². The molecule has 6 heteroatoms. The topological polar surface area (TPSA) is 56.7 Å². The van der Waals surface area contributed by atoms with Crippen LogP contribution in [0.2, 0.25) is 0 Å². The Labute approximate surface area is 276 Å². The van der Waals surface area contributed by atoms with Crippen LogP contribution >= 0.6 is 0 Å². The van der Waals surface area contributed by atoms with Gasteiger partial charge in [0.15, 0.2) is 0 Å². The number of nitrogens with zero attached hydrogens (tertiary/aromatic N) is 5. The van der Waals surface area contributed by atoms with Crippen molar-refractivity contribution in [1.29, 1.82) is 0 Å². The van der Waals surface area contributed by atoms with E-state index in [1.165, 1.54) is 38.2 Å². The van der Waals surface area contributed by atoms with Crippen molar-refractivity contribution < 1.29 is 4.74 Å². The number of pyridine rings is 3. The summed E-state index contributed by atoms with van der Waals surface area (Å²) < 4.78 is 11.1. The lowest BCUT2D eigenvalue weighted by atomic mass is 9.85. The third-order valence-corrected chi connectivity index (χ3v) is 9.88. The summed E-state index contributed by atoms with van der Waals surface area (Å²) in [6.07, 6.45) is 5.91. The van der Waals surface area contributed by atoms with Gasteiger partial charge in [-0.05, 0) is 72.0 Å². The van der Waals surface area contributed by atoms with Gasteiger partial charge in [0.2, 0.25) is 0 Å². The number of para-hydroxylation sites is 1. The van der Waals surface area contributed by atoms with E-state index in [4.69, 9.17) is 19.7 Å². The largest absolute Gasteiger partial charge is 0.457 e. The fraction of sp³-hybridized carbons (Fsp3) is 0.119. The van der Waals surface area contributed by atoms with Gasteiger partial charge in [0.25, 0.3) is 0 Å². The Morgan fingerprint density at radius 1 is 0.646 bits per heavy atom. The van der Waals surface area contributed by atoms with Crippen molar-refractivity contribution in [1.82, 2.24) is 23.8 Å². The molecule has 0 saturated heterocycles. The summed E-state index contributed by atoms with van der Waals surface area (Å²) >= 11 is 0. The van der Waals surface area contributed by atoms with E-state index in [0.717, 1.165) is 61.4 Å². The van der Waals surface area contributed by atoms with Crippen LogP contribution in [0.25, 0.3) is 76.9 Å². The standard InChI is InChI=1S/C42H31N5O/c1-24-9-5-6-10-27(24)34-23-46-35-13-8-19-43-38(35)29-17-15-25(21-32(29)40(46)45-34)48-26-14-16-28-30-11-7-12-31-37-33(42(2,3)4)18-20-44-41(37)47(39(30)31)36(28)22-26/h5-23H,1-4H3. The molecule has 4 aromatic carbocycles. The van der Waals surface area contributed by atoms with Crippen molar-refractivity contribution in [2.24, 2.45) is 0 Å². The fourth-order valence-electron chi connectivity index (χ4n) is 7.70. The van der Waals surface area contributed by atoms with Crippen molar-refractivity contribution in [3.8, 4) is 22.8 Å². The number of rotatable bonds is 3. The molecule has 0 atom stereocenters. The number of hydrogen-bond acceptors (Lipinski definition) is 4. The van der Waals surface area contributed by atoms with Gasteiger partial charge in [0.05, 0.1) is 27.8 Å². The second-order valence-corrected chi connectivity index (χ2v) is 13.8. The molecule has 0 aliphatic rings. The smallest absolute Gasteiger partial charge is 0.146 e. The maximum absolute atomic E-state index is 6.65. The Hall–Kier alpha value is -6.01. The van der Waals surface area contributed by atoms with Crippen molar-refractivity contribution in [2.75, 3.05) is 0 Å². The number of ether oxygens (including phenoxy) is 1. The lowest BCUT2D eigenvalue weighted by molar-refractivity contribution is 0.484. The molecule has 10 aromatic rings. The van der Waals surface area contributed by atoms with Crippen molar-refractivity contribution in [2.45, 2.75) is 33.1 Å². The molecule has 10 rings (SSSR count). The monoisotopic (exact) mass is 621 g/mol. The zero-order valence-corrected chi connectivity index (χ0v) is 27.1. The summed E-state index contributed by atoms with van der Waals surface area (Å²) in [5.41, 5.74) is 10.6. The maximum Gasteiger partial charge on any atom is 0.146 e. The predicted molar refractivity (Wildman–Crippen MR) is 196 cm³/mol. The minimum absolute atomic E-state index is 0.0127. The number of aromatic nitrogens is 5. The summed E-state index contributed by atoms with van der Waals surface area (Å²) in [6, 6.07) is 33.8. The second kappa shape index (κ2) is 9.52. The molecule has 6 nitrogen and oxygen atoms in total. The minimum atomic E-state index is -0.0127. The normalized spacial score (nSPS) is 12.6. The Bertz CT molecular complexity index is 2930. The second-order valence-electron chi connectivity index (χ2n) is 13.8. The van der Waals surface area contributed by atoms with Gasteiger partial charge < -0.3 is 4.74 Å². The molecule has 0 bridgehead atoms. The Kier molecular flexibility index (Phi) is 5.38. The van der Waals surface area contributed by atoms with Crippen LogP contribution in [0.1, 0.15) is 31.9 Å². The van der Waals surface area contributed by atoms with Gasteiger partial charge in [-0.3, -0.25) is 13.8 Å². The molecule has 0 fully saturated rings. The molecular weight excluding hydrogens is 590 g/mol. The Morgan fingerprint density at radius 2 is 1.46 bits per heavy atom. The van der Waals surface area contributed by atoms with Gasteiger partial charge in [-0.15, -0.1) is 0 Å². The maximum atomic E-state index is 6.65. The molecule has 0 saturated carbocycles. The van der Waals surface area contributed by atoms with Crippen LogP contribution in [-0.2, 0) is 5.41 Å². The Morgan fingerprint density at radius 3 is 2.31 bits per heavy atom. The van der Waals surface area contributed by atoms with Gasteiger partial charge in [-0.2, -0.15) is 0 Å². The lowest BCUT2D eigenvalue weighted by Crippen LogP contribution is -2.11. The van der Waals surface area contributed by atoms with E-state index in [0.29, 0.717) is 0 Å². The highest BCUT2D eigenvalue weighted by atomic mass is 16.5. The van der Waals surface area contributed by atoms with Crippen molar-refractivity contribution >= 4 is 65.7 Å². The van der Waals surface area contributed by atoms with E-state index < -0.39 is 0 Å². The molecule has 6 aromatic heterocycles. The summed E-state index contributed by atoms with van der Waals surface area (Å²) in [5, 5.41) is 6.91. The average Bonchev–Trinajstić information content (AvgIpc) is 3.78. The van der Waals surface area contributed by atoms with E-state index in [1.807, 2.05) is 24.5 Å². The number of imidazole rings is 1. The number of fused-ring (bicyclic) bond motifs is 12. The van der Waals surface area contributed by atoms with E-state index in [2.05, 4.69) is 128 Å². The molecular formula is C42H31N5O. The molecule has 0 radical (unpaired) electrons. The summed E-state index contributed by atoms with van der Waals surface area (Å²) in [6.45, 7) is 8.93.